The van der Waals surface area contributed by atoms with Crippen molar-refractivity contribution < 1.29 is 4.79 Å². The molecule has 0 bridgehead atoms. The van der Waals surface area contributed by atoms with Gasteiger partial charge in [-0.15, -0.1) is 0 Å². The van der Waals surface area contributed by atoms with Crippen LogP contribution < -0.4 is 0 Å². The van der Waals surface area contributed by atoms with Crippen molar-refractivity contribution in [2.75, 3.05) is 11.9 Å². The van der Waals surface area contributed by atoms with E-state index in [9.17, 15) is 4.79 Å². The maximum atomic E-state index is 12.4. The fourth-order valence-electron chi connectivity index (χ4n) is 2.56. The van der Waals surface area contributed by atoms with Crippen LogP contribution in [0.5, 0.6) is 0 Å². The summed E-state index contributed by atoms with van der Waals surface area (Å²) in [5.74, 6) is 0.300. The smallest absolute Gasteiger partial charge is 0.222 e. The highest BCUT2D eigenvalue weighted by molar-refractivity contribution is 9.09. The molecule has 0 spiro atoms. The first kappa shape index (κ1) is 17.2. The Morgan fingerprint density at radius 2 is 1.85 bits per heavy atom. The third-order valence-corrected chi connectivity index (χ3v) is 4.08. The molecule has 1 aromatic carbocycles. The molecule has 20 heavy (non-hydrogen) atoms. The Balaban J connectivity index is 2.45. The molecule has 0 heterocycles. The minimum absolute atomic E-state index is 0.300. The number of carbonyl (C=O) groups is 1. The number of carbonyl (C=O) groups excluding carboxylic acids is 1. The van der Waals surface area contributed by atoms with Gasteiger partial charge < -0.3 is 4.90 Å². The lowest BCUT2D eigenvalue weighted by Crippen LogP contribution is -2.40. The van der Waals surface area contributed by atoms with Crippen LogP contribution in [0.4, 0.5) is 0 Å². The van der Waals surface area contributed by atoms with E-state index in [1.54, 1.807) is 0 Å². The maximum absolute atomic E-state index is 12.4. The molecule has 0 aromatic heterocycles. The summed E-state index contributed by atoms with van der Waals surface area (Å²) in [4.78, 5) is 14.4. The number of nitrogens with zero attached hydrogens (tertiary/aromatic N) is 1. The predicted molar refractivity (Wildman–Crippen MR) is 89.3 cm³/mol. The van der Waals surface area contributed by atoms with E-state index < -0.39 is 0 Å². The molecule has 3 heteroatoms. The molecule has 0 aliphatic heterocycles. The minimum Gasteiger partial charge on any atom is -0.339 e. The van der Waals surface area contributed by atoms with Gasteiger partial charge in [-0.2, -0.15) is 0 Å². The van der Waals surface area contributed by atoms with Gasteiger partial charge in [-0.3, -0.25) is 4.79 Å². The standard InChI is InChI=1S/C17H26BrNO/c1-3-16(4-2)19(14-13-18)17(20)12-8-11-15-9-6-5-7-10-15/h5-7,9-10,16H,3-4,8,11-14H2,1-2H3. The van der Waals surface area contributed by atoms with Gasteiger partial charge in [-0.25, -0.2) is 0 Å². The van der Waals surface area contributed by atoms with Crippen LogP contribution in [0.3, 0.4) is 0 Å². The van der Waals surface area contributed by atoms with E-state index in [2.05, 4.69) is 58.9 Å². The largest absolute Gasteiger partial charge is 0.339 e. The molecule has 0 radical (unpaired) electrons. The monoisotopic (exact) mass is 339 g/mol. The zero-order valence-corrected chi connectivity index (χ0v) is 14.2. The molecule has 1 amide bonds. The molecule has 0 N–H and O–H groups in total. The van der Waals surface area contributed by atoms with Crippen molar-refractivity contribution in [3.05, 3.63) is 35.9 Å². The fraction of sp³-hybridized carbons (Fsp3) is 0.588. The van der Waals surface area contributed by atoms with Gasteiger partial charge in [0.1, 0.15) is 0 Å². The molecular formula is C17H26BrNO. The van der Waals surface area contributed by atoms with E-state index in [4.69, 9.17) is 0 Å². The van der Waals surface area contributed by atoms with E-state index in [1.807, 2.05) is 6.07 Å². The zero-order valence-electron chi connectivity index (χ0n) is 12.6. The van der Waals surface area contributed by atoms with Crippen LogP contribution in [0.1, 0.15) is 45.1 Å². The molecule has 0 unspecified atom stereocenters. The second kappa shape index (κ2) is 9.98. The average molecular weight is 340 g/mol. The quantitative estimate of drug-likeness (QED) is 0.609. The lowest BCUT2D eigenvalue weighted by atomic mass is 10.1. The van der Waals surface area contributed by atoms with Gasteiger partial charge in [0.05, 0.1) is 0 Å². The van der Waals surface area contributed by atoms with Gasteiger partial charge in [0.25, 0.3) is 0 Å². The lowest BCUT2D eigenvalue weighted by Gasteiger charge is -2.30. The van der Waals surface area contributed by atoms with E-state index in [1.165, 1.54) is 5.56 Å². The number of rotatable bonds is 9. The Bertz CT molecular complexity index is 376. The number of halogens is 1. The van der Waals surface area contributed by atoms with Crippen LogP contribution >= 0.6 is 15.9 Å². The Labute approximate surface area is 131 Å². The topological polar surface area (TPSA) is 20.3 Å². The van der Waals surface area contributed by atoms with Gasteiger partial charge in [0.15, 0.2) is 0 Å². The molecule has 2 nitrogen and oxygen atoms in total. The maximum Gasteiger partial charge on any atom is 0.222 e. The van der Waals surface area contributed by atoms with Crippen LogP contribution in [-0.4, -0.2) is 28.7 Å². The third-order valence-electron chi connectivity index (χ3n) is 3.73. The first-order valence-electron chi connectivity index (χ1n) is 7.62. The molecule has 0 saturated carbocycles. The van der Waals surface area contributed by atoms with Gasteiger partial charge in [0, 0.05) is 24.3 Å². The second-order valence-corrected chi connectivity index (χ2v) is 5.88. The van der Waals surface area contributed by atoms with E-state index in [0.717, 1.165) is 37.6 Å². The average Bonchev–Trinajstić information content (AvgIpc) is 2.48. The summed E-state index contributed by atoms with van der Waals surface area (Å²) in [5.41, 5.74) is 1.31. The zero-order chi connectivity index (χ0) is 14.8. The summed E-state index contributed by atoms with van der Waals surface area (Å²) in [6, 6.07) is 10.8. The normalized spacial score (nSPS) is 10.8. The summed E-state index contributed by atoms with van der Waals surface area (Å²) < 4.78 is 0. The summed E-state index contributed by atoms with van der Waals surface area (Å²) in [6.45, 7) is 5.13. The highest BCUT2D eigenvalue weighted by Crippen LogP contribution is 2.13. The highest BCUT2D eigenvalue weighted by atomic mass is 79.9. The molecule has 0 fully saturated rings. The minimum atomic E-state index is 0.300. The molecule has 1 aromatic rings. The second-order valence-electron chi connectivity index (χ2n) is 5.09. The number of aryl methyl sites for hydroxylation is 1. The fourth-order valence-corrected chi connectivity index (χ4v) is 2.95. The van der Waals surface area contributed by atoms with Crippen molar-refractivity contribution in [3.63, 3.8) is 0 Å². The molecule has 1 rings (SSSR count). The molecule has 0 aliphatic rings. The van der Waals surface area contributed by atoms with Gasteiger partial charge in [-0.05, 0) is 31.2 Å². The summed E-state index contributed by atoms with van der Waals surface area (Å²) >= 11 is 3.46. The molecule has 0 aliphatic carbocycles. The molecule has 0 atom stereocenters. The van der Waals surface area contributed by atoms with Crippen molar-refractivity contribution >= 4 is 21.8 Å². The van der Waals surface area contributed by atoms with Gasteiger partial charge in [-0.1, -0.05) is 60.1 Å². The van der Waals surface area contributed by atoms with E-state index in [0.29, 0.717) is 18.4 Å². The van der Waals surface area contributed by atoms with Gasteiger partial charge in [0.2, 0.25) is 5.91 Å². The van der Waals surface area contributed by atoms with Crippen molar-refractivity contribution in [2.24, 2.45) is 0 Å². The molecule has 112 valence electrons. The number of benzene rings is 1. The number of alkyl halides is 1. The van der Waals surface area contributed by atoms with Crippen LogP contribution in [0, 0.1) is 0 Å². The van der Waals surface area contributed by atoms with Crippen LogP contribution in [-0.2, 0) is 11.2 Å². The first-order valence-corrected chi connectivity index (χ1v) is 8.74. The van der Waals surface area contributed by atoms with Crippen LogP contribution in [0.2, 0.25) is 0 Å². The van der Waals surface area contributed by atoms with Crippen molar-refractivity contribution in [1.82, 2.24) is 4.90 Å². The molecular weight excluding hydrogens is 314 g/mol. The van der Waals surface area contributed by atoms with Crippen molar-refractivity contribution in [2.45, 2.75) is 52.0 Å². The van der Waals surface area contributed by atoms with Crippen LogP contribution in [0.15, 0.2) is 30.3 Å². The Morgan fingerprint density at radius 1 is 1.20 bits per heavy atom. The predicted octanol–water partition coefficient (Wildman–Crippen LogP) is 4.42. The van der Waals surface area contributed by atoms with Gasteiger partial charge >= 0.3 is 0 Å². The Morgan fingerprint density at radius 3 is 2.40 bits per heavy atom. The first-order chi connectivity index (χ1) is 9.72. The SMILES string of the molecule is CCC(CC)N(CCBr)C(=O)CCCc1ccccc1. The summed E-state index contributed by atoms with van der Waals surface area (Å²) in [6.07, 6.45) is 4.64. The van der Waals surface area contributed by atoms with Crippen molar-refractivity contribution in [3.8, 4) is 0 Å². The number of hydrogen-bond acceptors (Lipinski definition) is 1. The highest BCUT2D eigenvalue weighted by Gasteiger charge is 2.19. The number of amides is 1. The summed E-state index contributed by atoms with van der Waals surface area (Å²) in [7, 11) is 0. The Kier molecular flexibility index (Phi) is 8.59. The van der Waals surface area contributed by atoms with Crippen LogP contribution in [0.25, 0.3) is 0 Å². The molecule has 0 saturated heterocycles. The Hall–Kier alpha value is -0.830. The third kappa shape index (κ3) is 5.66. The number of hydrogen-bond donors (Lipinski definition) is 0. The summed E-state index contributed by atoms with van der Waals surface area (Å²) in [5, 5.41) is 0.855. The van der Waals surface area contributed by atoms with E-state index in [-0.39, 0.29) is 0 Å². The van der Waals surface area contributed by atoms with E-state index >= 15 is 0 Å². The van der Waals surface area contributed by atoms with Crippen molar-refractivity contribution in [1.29, 1.82) is 0 Å². The lowest BCUT2D eigenvalue weighted by molar-refractivity contribution is -0.133.